The first kappa shape index (κ1) is 15.6. The minimum absolute atomic E-state index is 0.380. The molecule has 0 aromatic rings. The van der Waals surface area contributed by atoms with Crippen molar-refractivity contribution in [3.63, 3.8) is 0 Å². The second-order valence-corrected chi connectivity index (χ2v) is 5.78. The van der Waals surface area contributed by atoms with Crippen molar-refractivity contribution in [3.8, 4) is 0 Å². The summed E-state index contributed by atoms with van der Waals surface area (Å²) in [5.41, 5.74) is 5.91. The Kier molecular flexibility index (Phi) is 7.15. The normalized spacial score (nSPS) is 22.9. The summed E-state index contributed by atoms with van der Waals surface area (Å²) in [5, 5.41) is 3.33. The second kappa shape index (κ2) is 9.19. The summed E-state index contributed by atoms with van der Waals surface area (Å²) in [6.45, 7) is 3.18. The Bertz CT molecular complexity index is 285. The smallest absolute Gasteiger partial charge is 0.188 e. The molecular formula is C15H29N3O2. The molecule has 20 heavy (non-hydrogen) atoms. The van der Waals surface area contributed by atoms with Crippen LogP contribution in [0.15, 0.2) is 4.99 Å². The predicted molar refractivity (Wildman–Crippen MR) is 80.9 cm³/mol. The maximum atomic E-state index is 5.91. The molecule has 2 aliphatic rings. The van der Waals surface area contributed by atoms with Crippen molar-refractivity contribution in [1.29, 1.82) is 0 Å². The molecule has 1 heterocycles. The van der Waals surface area contributed by atoms with E-state index in [-0.39, 0.29) is 0 Å². The van der Waals surface area contributed by atoms with Gasteiger partial charge in [-0.05, 0) is 32.1 Å². The van der Waals surface area contributed by atoms with Crippen molar-refractivity contribution < 1.29 is 9.47 Å². The molecule has 2 rings (SSSR count). The molecule has 116 valence electrons. The zero-order chi connectivity index (χ0) is 14.0. The van der Waals surface area contributed by atoms with Crippen molar-refractivity contribution in [1.82, 2.24) is 5.32 Å². The summed E-state index contributed by atoms with van der Waals surface area (Å²) in [5.74, 6) is 0.600. The van der Waals surface area contributed by atoms with Gasteiger partial charge in [-0.25, -0.2) is 0 Å². The van der Waals surface area contributed by atoms with Crippen LogP contribution in [0.2, 0.25) is 0 Å². The van der Waals surface area contributed by atoms with Gasteiger partial charge in [0.25, 0.3) is 0 Å². The standard InChI is InChI=1S/C15H29N3O2/c16-15(18-13-5-2-1-3-6-13)17-9-4-10-20-14-7-11-19-12-8-14/h13-14H,1-12H2,(H3,16,17,18). The molecule has 0 amide bonds. The third-order valence-electron chi connectivity index (χ3n) is 4.06. The number of hydrogen-bond acceptors (Lipinski definition) is 3. The summed E-state index contributed by atoms with van der Waals surface area (Å²) in [6.07, 6.45) is 9.79. The molecule has 2 fully saturated rings. The lowest BCUT2D eigenvalue weighted by molar-refractivity contribution is -0.0318. The van der Waals surface area contributed by atoms with Crippen LogP contribution in [0.25, 0.3) is 0 Å². The third-order valence-corrected chi connectivity index (χ3v) is 4.06. The highest BCUT2D eigenvalue weighted by Crippen LogP contribution is 2.17. The molecule has 5 nitrogen and oxygen atoms in total. The lowest BCUT2D eigenvalue weighted by Gasteiger charge is -2.23. The van der Waals surface area contributed by atoms with E-state index in [1.807, 2.05) is 0 Å². The van der Waals surface area contributed by atoms with Crippen molar-refractivity contribution in [2.75, 3.05) is 26.4 Å². The number of hydrogen-bond donors (Lipinski definition) is 2. The van der Waals surface area contributed by atoms with Crippen molar-refractivity contribution >= 4 is 5.96 Å². The Labute approximate surface area is 122 Å². The highest BCUT2D eigenvalue weighted by atomic mass is 16.5. The van der Waals surface area contributed by atoms with Crippen LogP contribution >= 0.6 is 0 Å². The van der Waals surface area contributed by atoms with E-state index in [2.05, 4.69) is 10.3 Å². The Morgan fingerprint density at radius 1 is 1.15 bits per heavy atom. The highest BCUT2D eigenvalue weighted by Gasteiger charge is 2.14. The summed E-state index contributed by atoms with van der Waals surface area (Å²) in [6, 6.07) is 0.533. The molecule has 0 spiro atoms. The van der Waals surface area contributed by atoms with Gasteiger partial charge in [0.1, 0.15) is 0 Å². The minimum atomic E-state index is 0.380. The first-order valence-electron chi connectivity index (χ1n) is 8.10. The van der Waals surface area contributed by atoms with E-state index >= 15 is 0 Å². The Morgan fingerprint density at radius 2 is 1.90 bits per heavy atom. The first-order chi connectivity index (χ1) is 9.84. The zero-order valence-corrected chi connectivity index (χ0v) is 12.5. The van der Waals surface area contributed by atoms with Gasteiger partial charge < -0.3 is 20.5 Å². The average Bonchev–Trinajstić information content (AvgIpc) is 2.49. The Hall–Kier alpha value is -0.810. The van der Waals surface area contributed by atoms with Gasteiger partial charge in [0.05, 0.1) is 6.10 Å². The molecule has 1 aliphatic carbocycles. The molecule has 0 aromatic heterocycles. The van der Waals surface area contributed by atoms with Gasteiger partial charge in [0.15, 0.2) is 5.96 Å². The fraction of sp³-hybridized carbons (Fsp3) is 0.933. The SMILES string of the molecule is NC(=NCCCOC1CCOCC1)NC1CCCCC1. The average molecular weight is 283 g/mol. The van der Waals surface area contributed by atoms with Gasteiger partial charge >= 0.3 is 0 Å². The fourth-order valence-corrected chi connectivity index (χ4v) is 2.86. The Balaban J connectivity index is 1.51. The van der Waals surface area contributed by atoms with Gasteiger partial charge in [-0.3, -0.25) is 4.99 Å². The van der Waals surface area contributed by atoms with Crippen LogP contribution in [0, 0.1) is 0 Å². The molecular weight excluding hydrogens is 254 g/mol. The van der Waals surface area contributed by atoms with Crippen LogP contribution in [-0.2, 0) is 9.47 Å². The molecule has 0 bridgehead atoms. The van der Waals surface area contributed by atoms with Crippen molar-refractivity contribution in [2.45, 2.75) is 63.5 Å². The summed E-state index contributed by atoms with van der Waals surface area (Å²) >= 11 is 0. The number of nitrogens with one attached hydrogen (secondary N) is 1. The van der Waals surface area contributed by atoms with Crippen LogP contribution in [0.3, 0.4) is 0 Å². The fourth-order valence-electron chi connectivity index (χ4n) is 2.86. The minimum Gasteiger partial charge on any atom is -0.381 e. The van der Waals surface area contributed by atoms with E-state index in [1.165, 1.54) is 32.1 Å². The summed E-state index contributed by atoms with van der Waals surface area (Å²) in [4.78, 5) is 4.38. The lowest BCUT2D eigenvalue weighted by atomic mass is 9.96. The van der Waals surface area contributed by atoms with E-state index in [4.69, 9.17) is 15.2 Å². The zero-order valence-electron chi connectivity index (χ0n) is 12.5. The van der Waals surface area contributed by atoms with E-state index in [0.717, 1.165) is 45.6 Å². The molecule has 0 aromatic carbocycles. The number of nitrogens with two attached hydrogens (primary N) is 1. The van der Waals surface area contributed by atoms with E-state index in [0.29, 0.717) is 18.1 Å². The molecule has 5 heteroatoms. The summed E-state index contributed by atoms with van der Waals surface area (Å²) < 4.78 is 11.1. The molecule has 1 aliphatic heterocycles. The van der Waals surface area contributed by atoms with Gasteiger partial charge in [0, 0.05) is 32.4 Å². The highest BCUT2D eigenvalue weighted by molar-refractivity contribution is 5.78. The van der Waals surface area contributed by atoms with Crippen LogP contribution in [0.1, 0.15) is 51.4 Å². The quantitative estimate of drug-likeness (QED) is 0.443. The maximum absolute atomic E-state index is 5.91. The van der Waals surface area contributed by atoms with Crippen molar-refractivity contribution in [2.24, 2.45) is 10.7 Å². The topological polar surface area (TPSA) is 68.9 Å². The van der Waals surface area contributed by atoms with E-state index in [1.54, 1.807) is 0 Å². The predicted octanol–water partition coefficient (Wildman–Crippen LogP) is 1.81. The number of aliphatic imine (C=N–C) groups is 1. The lowest BCUT2D eigenvalue weighted by Crippen LogP contribution is -2.41. The monoisotopic (exact) mass is 283 g/mol. The summed E-state index contributed by atoms with van der Waals surface area (Å²) in [7, 11) is 0. The molecule has 3 N–H and O–H groups in total. The molecule has 0 radical (unpaired) electrons. The first-order valence-corrected chi connectivity index (χ1v) is 8.10. The Morgan fingerprint density at radius 3 is 2.65 bits per heavy atom. The largest absolute Gasteiger partial charge is 0.381 e. The van der Waals surface area contributed by atoms with Crippen LogP contribution in [0.5, 0.6) is 0 Å². The number of nitrogens with zero attached hydrogens (tertiary/aromatic N) is 1. The molecule has 1 saturated carbocycles. The maximum Gasteiger partial charge on any atom is 0.188 e. The van der Waals surface area contributed by atoms with Gasteiger partial charge in [-0.1, -0.05) is 19.3 Å². The van der Waals surface area contributed by atoms with Gasteiger partial charge in [-0.15, -0.1) is 0 Å². The van der Waals surface area contributed by atoms with Crippen LogP contribution in [-0.4, -0.2) is 44.5 Å². The number of guanidine groups is 1. The van der Waals surface area contributed by atoms with Gasteiger partial charge in [-0.2, -0.15) is 0 Å². The molecule has 0 atom stereocenters. The van der Waals surface area contributed by atoms with E-state index < -0.39 is 0 Å². The molecule has 1 saturated heterocycles. The number of rotatable bonds is 6. The van der Waals surface area contributed by atoms with Crippen LogP contribution < -0.4 is 11.1 Å². The van der Waals surface area contributed by atoms with Gasteiger partial charge in [0.2, 0.25) is 0 Å². The second-order valence-electron chi connectivity index (χ2n) is 5.78. The van der Waals surface area contributed by atoms with E-state index in [9.17, 15) is 0 Å². The number of ether oxygens (including phenoxy) is 2. The van der Waals surface area contributed by atoms with Crippen LogP contribution in [0.4, 0.5) is 0 Å². The molecule has 0 unspecified atom stereocenters. The third kappa shape index (κ3) is 6.09. The van der Waals surface area contributed by atoms with Crippen molar-refractivity contribution in [3.05, 3.63) is 0 Å².